The van der Waals surface area contributed by atoms with Crippen molar-refractivity contribution >= 4 is 56.2 Å². The average Bonchev–Trinajstić information content (AvgIpc) is 3.01. The van der Waals surface area contributed by atoms with Crippen LogP contribution in [0.2, 0.25) is 0 Å². The molecule has 27 heavy (non-hydrogen) atoms. The van der Waals surface area contributed by atoms with Crippen LogP contribution < -0.4 is 7.85 Å². The molecule has 8 heteroatoms. The number of alkyl halides is 3. The highest BCUT2D eigenvalue weighted by Crippen LogP contribution is 2.40. The van der Waals surface area contributed by atoms with Gasteiger partial charge in [-0.2, -0.15) is 0 Å². The molecule has 0 N–H and O–H groups in total. The smallest absolute Gasteiger partial charge is 0.451 e. The lowest BCUT2D eigenvalue weighted by atomic mass is 10.1. The second-order valence-corrected chi connectivity index (χ2v) is 6.66. The van der Waals surface area contributed by atoms with Gasteiger partial charge in [0.05, 0.1) is 34.2 Å². The van der Waals surface area contributed by atoms with Crippen molar-refractivity contribution in [3.8, 4) is 5.75 Å². The van der Waals surface area contributed by atoms with E-state index >= 15 is 0 Å². The van der Waals surface area contributed by atoms with Gasteiger partial charge < -0.3 is 9.15 Å². The number of fused-ring (bicyclic) bond motifs is 3. The van der Waals surface area contributed by atoms with E-state index in [-0.39, 0.29) is 11.3 Å². The fourth-order valence-electron chi connectivity index (χ4n) is 2.84. The van der Waals surface area contributed by atoms with Gasteiger partial charge in [-0.3, -0.25) is 3.11 Å². The number of halogens is 5. The van der Waals surface area contributed by atoms with Gasteiger partial charge >= 0.3 is 6.36 Å². The van der Waals surface area contributed by atoms with Crippen molar-refractivity contribution in [3.05, 3.63) is 66.5 Å². The Bertz CT molecular complexity index is 1120. The molecule has 0 aliphatic carbocycles. The van der Waals surface area contributed by atoms with E-state index in [2.05, 4.69) is 4.74 Å². The quantitative estimate of drug-likeness (QED) is 0.175. The summed E-state index contributed by atoms with van der Waals surface area (Å²) in [4.78, 5) is 0. The fourth-order valence-corrected chi connectivity index (χ4v) is 3.54. The molecule has 4 rings (SSSR count). The van der Waals surface area contributed by atoms with Crippen molar-refractivity contribution in [1.29, 1.82) is 0 Å². The number of anilines is 2. The topological polar surface area (TPSA) is 25.6 Å². The van der Waals surface area contributed by atoms with E-state index in [1.165, 1.54) is 30.3 Å². The van der Waals surface area contributed by atoms with Crippen molar-refractivity contribution in [2.45, 2.75) is 6.36 Å². The third-order valence-electron chi connectivity index (χ3n) is 3.96. The number of furan rings is 1. The van der Waals surface area contributed by atoms with Gasteiger partial charge in [-0.1, -0.05) is 24.3 Å². The Balaban J connectivity index is 1.75. The van der Waals surface area contributed by atoms with Crippen LogP contribution in [-0.4, -0.2) is 6.36 Å². The standard InChI is InChI=1S/C19H10F4INO2/c20-15-5-1-3-13-14-4-2-6-16(18(14)26-17(13)15)25(24)11-7-9-12(10-8-11)27-19(21,22)23/h1-10H. The molecule has 0 atom stereocenters. The molecule has 0 bridgehead atoms. The summed E-state index contributed by atoms with van der Waals surface area (Å²) in [6.45, 7) is 0. The highest BCUT2D eigenvalue weighted by molar-refractivity contribution is 14.1. The molecule has 0 saturated heterocycles. The van der Waals surface area contributed by atoms with Gasteiger partial charge in [0.15, 0.2) is 17.0 Å². The van der Waals surface area contributed by atoms with E-state index in [0.717, 1.165) is 5.39 Å². The zero-order chi connectivity index (χ0) is 19.2. The Morgan fingerprint density at radius 2 is 1.48 bits per heavy atom. The van der Waals surface area contributed by atoms with Crippen LogP contribution >= 0.6 is 22.9 Å². The monoisotopic (exact) mass is 487 g/mol. The third kappa shape index (κ3) is 3.41. The summed E-state index contributed by atoms with van der Waals surface area (Å²) in [6, 6.07) is 15.6. The maximum atomic E-state index is 14.0. The summed E-state index contributed by atoms with van der Waals surface area (Å²) < 4.78 is 62.3. The van der Waals surface area contributed by atoms with Gasteiger partial charge in [-0.05, 0) is 36.4 Å². The summed E-state index contributed by atoms with van der Waals surface area (Å²) in [6.07, 6.45) is -4.74. The van der Waals surface area contributed by atoms with Gasteiger partial charge in [0.25, 0.3) is 0 Å². The largest absolute Gasteiger partial charge is 0.573 e. The summed E-state index contributed by atoms with van der Waals surface area (Å²) in [5.74, 6) is -0.761. The first-order valence-electron chi connectivity index (χ1n) is 7.75. The summed E-state index contributed by atoms with van der Waals surface area (Å²) in [7, 11) is 0. The zero-order valence-electron chi connectivity index (χ0n) is 13.4. The number of benzene rings is 3. The summed E-state index contributed by atoms with van der Waals surface area (Å²) >= 11 is 2.01. The fraction of sp³-hybridized carbons (Fsp3) is 0.0526. The Kier molecular flexibility index (Phi) is 4.37. The lowest BCUT2D eigenvalue weighted by Gasteiger charge is -2.17. The Morgan fingerprint density at radius 3 is 2.15 bits per heavy atom. The van der Waals surface area contributed by atoms with Crippen LogP contribution in [-0.2, 0) is 0 Å². The first-order chi connectivity index (χ1) is 12.8. The molecule has 1 aromatic heterocycles. The molecule has 0 aliphatic rings. The lowest BCUT2D eigenvalue weighted by molar-refractivity contribution is -0.274. The van der Waals surface area contributed by atoms with Crippen LogP contribution in [0.5, 0.6) is 5.75 Å². The van der Waals surface area contributed by atoms with Crippen molar-refractivity contribution in [1.82, 2.24) is 0 Å². The Hall–Kier alpha value is -2.49. The predicted octanol–water partition coefficient (Wildman–Crippen LogP) is 7.11. The Morgan fingerprint density at radius 1 is 0.852 bits per heavy atom. The van der Waals surface area contributed by atoms with Crippen molar-refractivity contribution in [3.63, 3.8) is 0 Å². The maximum Gasteiger partial charge on any atom is 0.573 e. The minimum absolute atomic E-state index is 0.165. The van der Waals surface area contributed by atoms with E-state index in [9.17, 15) is 17.6 Å². The molecule has 138 valence electrons. The molecule has 0 radical (unpaired) electrons. The predicted molar refractivity (Wildman–Crippen MR) is 103 cm³/mol. The van der Waals surface area contributed by atoms with Gasteiger partial charge in [-0.25, -0.2) is 4.39 Å². The molecule has 0 fully saturated rings. The first kappa shape index (κ1) is 17.9. The van der Waals surface area contributed by atoms with E-state index < -0.39 is 12.2 Å². The highest BCUT2D eigenvalue weighted by Gasteiger charge is 2.31. The van der Waals surface area contributed by atoms with Crippen LogP contribution in [0, 0.1) is 5.82 Å². The zero-order valence-corrected chi connectivity index (χ0v) is 15.6. The molecule has 3 nitrogen and oxygen atoms in total. The molecule has 0 aliphatic heterocycles. The number of para-hydroxylation sites is 2. The number of hydrogen-bond acceptors (Lipinski definition) is 3. The Labute approximate surface area is 164 Å². The molecule has 0 unspecified atom stereocenters. The van der Waals surface area contributed by atoms with Crippen molar-refractivity contribution in [2.24, 2.45) is 0 Å². The first-order valence-corrected chi connectivity index (χ1v) is 8.71. The van der Waals surface area contributed by atoms with Gasteiger partial charge in [0.1, 0.15) is 5.75 Å². The van der Waals surface area contributed by atoms with Crippen molar-refractivity contribution < 1.29 is 26.7 Å². The van der Waals surface area contributed by atoms with Crippen LogP contribution in [0.3, 0.4) is 0 Å². The van der Waals surface area contributed by atoms with Gasteiger partial charge in [0.2, 0.25) is 0 Å². The lowest BCUT2D eigenvalue weighted by Crippen LogP contribution is -2.17. The minimum Gasteiger partial charge on any atom is -0.451 e. The second-order valence-electron chi connectivity index (χ2n) is 5.69. The van der Waals surface area contributed by atoms with E-state index in [0.29, 0.717) is 22.3 Å². The number of nitrogens with zero attached hydrogens (tertiary/aromatic N) is 1. The third-order valence-corrected chi connectivity index (χ3v) is 5.04. The van der Waals surface area contributed by atoms with Crippen molar-refractivity contribution in [2.75, 3.05) is 3.11 Å². The molecular weight excluding hydrogens is 477 g/mol. The average molecular weight is 487 g/mol. The summed E-state index contributed by atoms with van der Waals surface area (Å²) in [5.41, 5.74) is 1.91. The minimum atomic E-state index is -4.74. The van der Waals surface area contributed by atoms with E-state index in [4.69, 9.17) is 4.42 Å². The molecule has 3 aromatic carbocycles. The second kappa shape index (κ2) is 6.59. The molecule has 0 saturated carbocycles. The van der Waals surface area contributed by atoms with Crippen LogP contribution in [0.25, 0.3) is 21.9 Å². The van der Waals surface area contributed by atoms with Crippen LogP contribution in [0.4, 0.5) is 28.9 Å². The van der Waals surface area contributed by atoms with Gasteiger partial charge in [-0.15, -0.1) is 13.2 Å². The molecule has 0 spiro atoms. The van der Waals surface area contributed by atoms with E-state index in [1.54, 1.807) is 21.3 Å². The number of ether oxygens (including phenoxy) is 1. The molecule has 0 amide bonds. The highest BCUT2D eigenvalue weighted by atomic mass is 127. The molecular formula is C19H10F4INO2. The SMILES string of the molecule is Fc1cccc2c1oc1c(N(I)c3ccc(OC(F)(F)F)cc3)cccc12. The van der Waals surface area contributed by atoms with Crippen LogP contribution in [0.15, 0.2) is 65.1 Å². The summed E-state index contributed by atoms with van der Waals surface area (Å²) in [5, 5.41) is 1.41. The maximum absolute atomic E-state index is 14.0. The van der Waals surface area contributed by atoms with Gasteiger partial charge in [0, 0.05) is 10.8 Å². The van der Waals surface area contributed by atoms with E-state index in [1.807, 2.05) is 35.0 Å². The number of hydrogen-bond donors (Lipinski definition) is 0. The molecule has 1 heterocycles. The van der Waals surface area contributed by atoms with Crippen LogP contribution in [0.1, 0.15) is 0 Å². The molecule has 4 aromatic rings. The number of rotatable bonds is 3. The normalized spacial score (nSPS) is 11.9.